The molecule has 7 heteroatoms. The van der Waals surface area contributed by atoms with E-state index < -0.39 is 0 Å². The number of carbonyl (C=O) groups is 1. The Bertz CT molecular complexity index is 1090. The number of carbonyl (C=O) groups excluding carboxylic acids is 1. The topological polar surface area (TPSA) is 89.3 Å². The Kier molecular flexibility index (Phi) is 4.67. The van der Waals surface area contributed by atoms with Gasteiger partial charge in [0.05, 0.1) is 17.8 Å². The Balaban J connectivity index is 1.63. The van der Waals surface area contributed by atoms with E-state index in [9.17, 15) is 9.90 Å². The number of thiazole rings is 1. The van der Waals surface area contributed by atoms with Crippen LogP contribution < -0.4 is 10.2 Å². The minimum absolute atomic E-state index is 0.101. The molecule has 0 fully saturated rings. The number of amidine groups is 1. The highest BCUT2D eigenvalue weighted by Gasteiger charge is 2.31. The molecule has 0 bridgehead atoms. The molecule has 1 aliphatic heterocycles. The van der Waals surface area contributed by atoms with E-state index in [0.29, 0.717) is 21.8 Å². The van der Waals surface area contributed by atoms with Crippen molar-refractivity contribution >= 4 is 34.3 Å². The maximum Gasteiger partial charge on any atom is 0.251 e. The Morgan fingerprint density at radius 1 is 1.21 bits per heavy atom. The largest absolute Gasteiger partial charge is 0.510 e. The summed E-state index contributed by atoms with van der Waals surface area (Å²) in [5, 5.41) is 24.2. The van der Waals surface area contributed by atoms with Crippen LogP contribution in [0.15, 0.2) is 65.7 Å². The first kappa shape index (κ1) is 17.9. The fraction of sp³-hybridized carbons (Fsp3) is 0.0952. The number of aliphatic hydroxyl groups is 1. The highest BCUT2D eigenvalue weighted by atomic mass is 32.1. The Morgan fingerprint density at radius 3 is 2.75 bits per heavy atom. The molecule has 0 saturated carbocycles. The van der Waals surface area contributed by atoms with Crippen LogP contribution in [0.5, 0.6) is 0 Å². The van der Waals surface area contributed by atoms with Crippen LogP contribution >= 0.6 is 11.3 Å². The monoisotopic (exact) mass is 390 g/mol. The summed E-state index contributed by atoms with van der Waals surface area (Å²) in [5.74, 6) is 0.0715. The van der Waals surface area contributed by atoms with Gasteiger partial charge in [0.2, 0.25) is 0 Å². The van der Waals surface area contributed by atoms with Crippen molar-refractivity contribution in [1.82, 2.24) is 10.3 Å². The average molecular weight is 390 g/mol. The molecule has 1 aliphatic rings. The smallest absolute Gasteiger partial charge is 0.251 e. The van der Waals surface area contributed by atoms with Crippen LogP contribution in [0.2, 0.25) is 0 Å². The molecule has 3 aromatic rings. The third-order valence-electron chi connectivity index (χ3n) is 4.54. The van der Waals surface area contributed by atoms with Gasteiger partial charge < -0.3 is 15.3 Å². The van der Waals surface area contributed by atoms with Gasteiger partial charge in [-0.05, 0) is 18.2 Å². The number of amides is 1. The maximum absolute atomic E-state index is 11.9. The summed E-state index contributed by atoms with van der Waals surface area (Å²) < 4.78 is 0. The summed E-state index contributed by atoms with van der Waals surface area (Å²) in [6, 6.07) is 16.8. The van der Waals surface area contributed by atoms with Gasteiger partial charge >= 0.3 is 0 Å². The Labute approximate surface area is 166 Å². The second-order valence-corrected chi connectivity index (χ2v) is 7.15. The summed E-state index contributed by atoms with van der Waals surface area (Å²) in [5.41, 5.74) is 3.41. The van der Waals surface area contributed by atoms with E-state index >= 15 is 0 Å². The fourth-order valence-electron chi connectivity index (χ4n) is 3.11. The van der Waals surface area contributed by atoms with E-state index in [4.69, 9.17) is 5.41 Å². The van der Waals surface area contributed by atoms with Crippen LogP contribution in [-0.4, -0.2) is 35.4 Å². The van der Waals surface area contributed by atoms with E-state index in [0.717, 1.165) is 11.3 Å². The first-order chi connectivity index (χ1) is 13.6. The van der Waals surface area contributed by atoms with Crippen molar-refractivity contribution in [3.63, 3.8) is 0 Å². The number of anilines is 1. The lowest BCUT2D eigenvalue weighted by Gasteiger charge is -2.19. The number of aromatic nitrogens is 1. The molecule has 0 aliphatic carbocycles. The molecule has 0 spiro atoms. The summed E-state index contributed by atoms with van der Waals surface area (Å²) >= 11 is 1.40. The van der Waals surface area contributed by atoms with E-state index in [-0.39, 0.29) is 24.0 Å². The molecule has 0 radical (unpaired) electrons. The zero-order valence-corrected chi connectivity index (χ0v) is 16.0. The van der Waals surface area contributed by atoms with Crippen LogP contribution in [0.1, 0.15) is 15.4 Å². The normalized spacial score (nSPS) is 13.9. The number of hydrogen-bond acceptors (Lipinski definition) is 5. The lowest BCUT2D eigenvalue weighted by atomic mass is 10.1. The molecule has 6 nitrogen and oxygen atoms in total. The van der Waals surface area contributed by atoms with Crippen molar-refractivity contribution < 1.29 is 9.90 Å². The first-order valence-corrected chi connectivity index (χ1v) is 9.58. The van der Waals surface area contributed by atoms with E-state index in [1.54, 1.807) is 30.1 Å². The molecule has 28 heavy (non-hydrogen) atoms. The number of rotatable bonds is 4. The number of hydrogen-bond donors (Lipinski definition) is 3. The van der Waals surface area contributed by atoms with Crippen molar-refractivity contribution in [2.75, 3.05) is 18.5 Å². The molecule has 2 heterocycles. The van der Waals surface area contributed by atoms with Crippen LogP contribution in [0.25, 0.3) is 16.8 Å². The predicted octanol–water partition coefficient (Wildman–Crippen LogP) is 3.94. The van der Waals surface area contributed by atoms with Gasteiger partial charge in [-0.1, -0.05) is 36.4 Å². The molecule has 2 aromatic carbocycles. The van der Waals surface area contributed by atoms with Crippen molar-refractivity contribution in [1.29, 1.82) is 5.41 Å². The lowest BCUT2D eigenvalue weighted by Crippen LogP contribution is -2.26. The molecule has 1 amide bonds. The van der Waals surface area contributed by atoms with Crippen LogP contribution in [0.3, 0.4) is 0 Å². The maximum atomic E-state index is 11.9. The highest BCUT2D eigenvalue weighted by molar-refractivity contribution is 7.11. The van der Waals surface area contributed by atoms with Crippen LogP contribution in [0, 0.1) is 5.41 Å². The van der Waals surface area contributed by atoms with Gasteiger partial charge in [-0.15, -0.1) is 11.3 Å². The molecule has 0 unspecified atom stereocenters. The SMILES string of the molecule is CNC(=O)c1cccc(N2CC(O)=C(c3nc(-c4ccccc4)cs3)C2=N)c1. The standard InChI is InChI=1S/C21H18N4O2S/c1-23-20(27)14-8-5-9-15(10-14)25-11-17(26)18(19(25)22)21-24-16(12-28-21)13-6-3-2-4-7-13/h2-10,12,22,26H,11H2,1H3,(H,23,27). The highest BCUT2D eigenvalue weighted by Crippen LogP contribution is 2.34. The van der Waals surface area contributed by atoms with E-state index in [1.807, 2.05) is 41.8 Å². The molecule has 140 valence electrons. The number of nitrogens with zero attached hydrogens (tertiary/aromatic N) is 2. The Morgan fingerprint density at radius 2 is 2.00 bits per heavy atom. The summed E-state index contributed by atoms with van der Waals surface area (Å²) in [4.78, 5) is 18.2. The second-order valence-electron chi connectivity index (χ2n) is 6.29. The molecule has 0 saturated heterocycles. The van der Waals surface area contributed by atoms with Gasteiger partial charge in [-0.25, -0.2) is 4.98 Å². The minimum Gasteiger partial charge on any atom is -0.510 e. The van der Waals surface area contributed by atoms with Crippen molar-refractivity contribution in [3.8, 4) is 11.3 Å². The zero-order valence-electron chi connectivity index (χ0n) is 15.1. The average Bonchev–Trinajstić information content (AvgIpc) is 3.32. The van der Waals surface area contributed by atoms with E-state index in [2.05, 4.69) is 10.3 Å². The van der Waals surface area contributed by atoms with Gasteiger partial charge in [0, 0.05) is 29.2 Å². The summed E-state index contributed by atoms with van der Waals surface area (Å²) in [6.45, 7) is 0.172. The predicted molar refractivity (Wildman–Crippen MR) is 112 cm³/mol. The van der Waals surface area contributed by atoms with Gasteiger partial charge in [0.25, 0.3) is 5.91 Å². The molecule has 1 aromatic heterocycles. The third kappa shape index (κ3) is 3.16. The molecular formula is C21H18N4O2S. The Hall–Kier alpha value is -3.45. The zero-order chi connectivity index (χ0) is 19.7. The number of benzene rings is 2. The van der Waals surface area contributed by atoms with Gasteiger partial charge in [-0.3, -0.25) is 10.2 Å². The fourth-order valence-corrected chi connectivity index (χ4v) is 4.01. The van der Waals surface area contributed by atoms with Crippen LogP contribution in [0.4, 0.5) is 5.69 Å². The molecule has 0 atom stereocenters. The van der Waals surface area contributed by atoms with Gasteiger partial charge in [-0.2, -0.15) is 0 Å². The number of aliphatic hydroxyl groups excluding tert-OH is 1. The molecule has 3 N–H and O–H groups in total. The summed E-state index contributed by atoms with van der Waals surface area (Å²) in [7, 11) is 1.57. The number of nitrogens with one attached hydrogen (secondary N) is 2. The van der Waals surface area contributed by atoms with Gasteiger partial charge in [0.1, 0.15) is 16.6 Å². The van der Waals surface area contributed by atoms with Crippen LogP contribution in [-0.2, 0) is 0 Å². The summed E-state index contributed by atoms with van der Waals surface area (Å²) in [6.07, 6.45) is 0. The third-order valence-corrected chi connectivity index (χ3v) is 5.40. The lowest BCUT2D eigenvalue weighted by molar-refractivity contribution is 0.0963. The molecular weight excluding hydrogens is 372 g/mol. The second kappa shape index (κ2) is 7.28. The van der Waals surface area contributed by atoms with Crippen molar-refractivity contribution in [3.05, 3.63) is 76.3 Å². The van der Waals surface area contributed by atoms with Gasteiger partial charge in [0.15, 0.2) is 0 Å². The minimum atomic E-state index is -0.197. The molecule has 4 rings (SSSR count). The first-order valence-electron chi connectivity index (χ1n) is 8.70. The quantitative estimate of drug-likeness (QED) is 0.630. The van der Waals surface area contributed by atoms with E-state index in [1.165, 1.54) is 11.3 Å². The van der Waals surface area contributed by atoms with Crippen molar-refractivity contribution in [2.45, 2.75) is 0 Å². The van der Waals surface area contributed by atoms with Crippen molar-refractivity contribution in [2.24, 2.45) is 0 Å².